The van der Waals surface area contributed by atoms with Crippen molar-refractivity contribution in [2.24, 2.45) is 0 Å². The van der Waals surface area contributed by atoms with Gasteiger partial charge in [0.25, 0.3) is 0 Å². The highest BCUT2D eigenvalue weighted by molar-refractivity contribution is 14.1. The second-order valence-electron chi connectivity index (χ2n) is 3.99. The van der Waals surface area contributed by atoms with Gasteiger partial charge in [-0.2, -0.15) is 0 Å². The number of hydrogen-bond donors (Lipinski definition) is 0. The molecule has 0 unspecified atom stereocenters. The van der Waals surface area contributed by atoms with Crippen LogP contribution in [0, 0.1) is 3.57 Å². The van der Waals surface area contributed by atoms with Crippen LogP contribution in [0.25, 0.3) is 11.5 Å². The van der Waals surface area contributed by atoms with Crippen molar-refractivity contribution in [3.8, 4) is 11.5 Å². The molecule has 106 valence electrons. The van der Waals surface area contributed by atoms with Crippen LogP contribution in [0.4, 0.5) is 0 Å². The summed E-state index contributed by atoms with van der Waals surface area (Å²) in [6, 6.07) is 5.43. The maximum Gasteiger partial charge on any atom is 0.376 e. The molecule has 0 aliphatic carbocycles. The monoisotopic (exact) mass is 405 g/mol. The molecule has 0 aliphatic rings. The molecule has 6 heteroatoms. The molecule has 1 aromatic carbocycles. The largest absolute Gasteiger partial charge is 0.460 e. The molecular weight excluding hydrogens is 393 g/mol. The molecular formula is C14H13ClINO3. The van der Waals surface area contributed by atoms with E-state index in [2.05, 4.69) is 27.6 Å². The number of nitrogens with zero attached hydrogens (tertiary/aromatic N) is 1. The molecule has 1 heterocycles. The number of carbonyl (C=O) groups is 1. The van der Waals surface area contributed by atoms with Crippen molar-refractivity contribution in [3.63, 3.8) is 0 Å². The first-order valence-electron chi connectivity index (χ1n) is 6.19. The van der Waals surface area contributed by atoms with Gasteiger partial charge in [0.05, 0.1) is 17.9 Å². The van der Waals surface area contributed by atoms with Crippen LogP contribution in [0.2, 0.25) is 5.02 Å². The fourth-order valence-electron chi connectivity index (χ4n) is 1.72. The minimum absolute atomic E-state index is 0.167. The maximum atomic E-state index is 11.8. The second-order valence-corrected chi connectivity index (χ2v) is 5.59. The van der Waals surface area contributed by atoms with Crippen LogP contribution in [0.15, 0.2) is 22.6 Å². The molecule has 20 heavy (non-hydrogen) atoms. The summed E-state index contributed by atoms with van der Waals surface area (Å²) in [5.74, 6) is 0.0667. The topological polar surface area (TPSA) is 52.3 Å². The lowest BCUT2D eigenvalue weighted by atomic mass is 10.2. The number of aromatic nitrogens is 1. The van der Waals surface area contributed by atoms with E-state index in [0.717, 1.165) is 9.13 Å². The van der Waals surface area contributed by atoms with Crippen LogP contribution in [0.3, 0.4) is 0 Å². The zero-order valence-corrected chi connectivity index (χ0v) is 14.0. The minimum atomic E-state index is -0.486. The molecule has 0 N–H and O–H groups in total. The first kappa shape index (κ1) is 15.3. The van der Waals surface area contributed by atoms with Gasteiger partial charge in [-0.15, -0.1) is 0 Å². The van der Waals surface area contributed by atoms with Crippen LogP contribution in [0.5, 0.6) is 0 Å². The van der Waals surface area contributed by atoms with Gasteiger partial charge in [0, 0.05) is 8.59 Å². The van der Waals surface area contributed by atoms with Crippen molar-refractivity contribution in [1.82, 2.24) is 4.98 Å². The molecule has 4 nitrogen and oxygen atoms in total. The minimum Gasteiger partial charge on any atom is -0.460 e. The Hall–Kier alpha value is -1.08. The predicted molar refractivity (Wildman–Crippen MR) is 85.0 cm³/mol. The average molecular weight is 406 g/mol. The second kappa shape index (κ2) is 6.58. The zero-order valence-electron chi connectivity index (χ0n) is 11.1. The molecule has 2 rings (SSSR count). The number of aryl methyl sites for hydroxylation is 1. The van der Waals surface area contributed by atoms with Gasteiger partial charge in [0.2, 0.25) is 11.7 Å². The summed E-state index contributed by atoms with van der Waals surface area (Å²) in [5, 5.41) is 0.592. The fourth-order valence-corrected chi connectivity index (χ4v) is 2.46. The first-order valence-corrected chi connectivity index (χ1v) is 7.64. The van der Waals surface area contributed by atoms with Crippen molar-refractivity contribution in [2.75, 3.05) is 6.61 Å². The number of halogens is 2. The number of carbonyl (C=O) groups excluding carboxylic acids is 1. The summed E-state index contributed by atoms with van der Waals surface area (Å²) in [7, 11) is 0. The van der Waals surface area contributed by atoms with E-state index in [-0.39, 0.29) is 5.76 Å². The molecule has 0 radical (unpaired) electrons. The van der Waals surface area contributed by atoms with Crippen molar-refractivity contribution < 1.29 is 13.9 Å². The third-order valence-corrected chi connectivity index (χ3v) is 3.83. The van der Waals surface area contributed by atoms with Crippen LogP contribution in [-0.4, -0.2) is 17.6 Å². The highest BCUT2D eigenvalue weighted by atomic mass is 127. The van der Waals surface area contributed by atoms with Gasteiger partial charge in [-0.3, -0.25) is 0 Å². The Kier molecular flexibility index (Phi) is 5.04. The molecule has 2 aromatic rings. The highest BCUT2D eigenvalue weighted by Gasteiger charge is 2.22. The Morgan fingerprint density at radius 1 is 1.45 bits per heavy atom. The van der Waals surface area contributed by atoms with Gasteiger partial charge in [-0.05, 0) is 54.1 Å². The normalized spacial score (nSPS) is 10.6. The Bertz CT molecular complexity index is 639. The summed E-state index contributed by atoms with van der Waals surface area (Å²) < 4.78 is 11.5. The average Bonchev–Trinajstić information content (AvgIpc) is 2.86. The van der Waals surface area contributed by atoms with Crippen LogP contribution in [0.1, 0.15) is 30.1 Å². The number of benzene rings is 1. The van der Waals surface area contributed by atoms with Crippen LogP contribution in [-0.2, 0) is 11.2 Å². The van der Waals surface area contributed by atoms with Crippen molar-refractivity contribution in [1.29, 1.82) is 0 Å². The van der Waals surface area contributed by atoms with E-state index < -0.39 is 5.97 Å². The van der Waals surface area contributed by atoms with Crippen LogP contribution < -0.4 is 0 Å². The van der Waals surface area contributed by atoms with E-state index in [4.69, 9.17) is 20.8 Å². The van der Waals surface area contributed by atoms with Gasteiger partial charge in [-0.25, -0.2) is 9.78 Å². The Morgan fingerprint density at radius 2 is 2.20 bits per heavy atom. The van der Waals surface area contributed by atoms with Gasteiger partial charge >= 0.3 is 5.97 Å². The van der Waals surface area contributed by atoms with E-state index in [1.807, 2.05) is 13.0 Å². The van der Waals surface area contributed by atoms with Gasteiger partial charge < -0.3 is 9.15 Å². The molecule has 1 aromatic heterocycles. The molecule has 0 aliphatic heterocycles. The lowest BCUT2D eigenvalue weighted by Gasteiger charge is -2.00. The van der Waals surface area contributed by atoms with E-state index in [1.165, 1.54) is 0 Å². The number of esters is 1. The van der Waals surface area contributed by atoms with Gasteiger partial charge in [-0.1, -0.05) is 18.5 Å². The van der Waals surface area contributed by atoms with Crippen molar-refractivity contribution in [2.45, 2.75) is 20.3 Å². The SMILES string of the molecule is CCOC(=O)c1oc(-c2cc(Cl)ccc2I)nc1CC. The van der Waals surface area contributed by atoms with Crippen LogP contribution >= 0.6 is 34.2 Å². The van der Waals surface area contributed by atoms with Crippen molar-refractivity contribution in [3.05, 3.63) is 38.2 Å². The smallest absolute Gasteiger partial charge is 0.376 e. The van der Waals surface area contributed by atoms with Crippen molar-refractivity contribution >= 4 is 40.2 Å². The van der Waals surface area contributed by atoms with Gasteiger partial charge in [0.1, 0.15) is 0 Å². The maximum absolute atomic E-state index is 11.8. The number of hydrogen-bond acceptors (Lipinski definition) is 4. The lowest BCUT2D eigenvalue weighted by Crippen LogP contribution is -2.05. The third-order valence-electron chi connectivity index (χ3n) is 2.65. The third kappa shape index (κ3) is 3.15. The van der Waals surface area contributed by atoms with E-state index in [9.17, 15) is 4.79 Å². The molecule has 0 spiro atoms. The fraction of sp³-hybridized carbons (Fsp3) is 0.286. The molecule has 0 fully saturated rings. The Labute approximate surface area is 135 Å². The zero-order chi connectivity index (χ0) is 14.7. The van der Waals surface area contributed by atoms with E-state index >= 15 is 0 Å². The summed E-state index contributed by atoms with van der Waals surface area (Å²) in [4.78, 5) is 16.2. The summed E-state index contributed by atoms with van der Waals surface area (Å²) >= 11 is 8.17. The quantitative estimate of drug-likeness (QED) is 0.561. The summed E-state index contributed by atoms with van der Waals surface area (Å²) in [5.41, 5.74) is 1.36. The summed E-state index contributed by atoms with van der Waals surface area (Å²) in [6.07, 6.45) is 0.592. The number of rotatable bonds is 4. The number of ether oxygens (including phenoxy) is 1. The molecule has 0 atom stereocenters. The highest BCUT2D eigenvalue weighted by Crippen LogP contribution is 2.29. The summed E-state index contributed by atoms with van der Waals surface area (Å²) in [6.45, 7) is 3.96. The predicted octanol–water partition coefficient (Wildman–Crippen LogP) is 4.34. The molecule has 0 bridgehead atoms. The molecule has 0 saturated carbocycles. The number of oxazole rings is 1. The van der Waals surface area contributed by atoms with Gasteiger partial charge in [0.15, 0.2) is 0 Å². The van der Waals surface area contributed by atoms with E-state index in [0.29, 0.717) is 29.6 Å². The molecule has 0 amide bonds. The Morgan fingerprint density at radius 3 is 2.85 bits per heavy atom. The first-order chi connectivity index (χ1) is 9.56. The Balaban J connectivity index is 2.48. The van der Waals surface area contributed by atoms with E-state index in [1.54, 1.807) is 19.1 Å². The standard InChI is InChI=1S/C14H13ClINO3/c1-3-11-12(14(18)19-4-2)20-13(17-11)9-7-8(15)5-6-10(9)16/h5-7H,3-4H2,1-2H3. The molecule has 0 saturated heterocycles. The lowest BCUT2D eigenvalue weighted by molar-refractivity contribution is 0.0489.